The molecule has 1 aliphatic carbocycles. The van der Waals surface area contributed by atoms with Gasteiger partial charge in [-0.05, 0) is 23.6 Å². The molecule has 0 unspecified atom stereocenters. The molecular formula is C12H8N2O3Si. The Labute approximate surface area is 105 Å². The third-order valence-corrected chi connectivity index (χ3v) is 4.32. The van der Waals surface area contributed by atoms with E-state index in [9.17, 15) is 14.9 Å². The topological polar surface area (TPSA) is 63.5 Å². The van der Waals surface area contributed by atoms with Crippen molar-refractivity contribution in [3.05, 3.63) is 68.6 Å². The molecule has 0 saturated heterocycles. The highest BCUT2D eigenvalue weighted by atomic mass is 28.2. The third-order valence-electron chi connectivity index (χ3n) is 3.01. The van der Waals surface area contributed by atoms with Gasteiger partial charge in [0, 0.05) is 10.8 Å². The van der Waals surface area contributed by atoms with E-state index in [0.29, 0.717) is 17.2 Å². The van der Waals surface area contributed by atoms with Crippen molar-refractivity contribution >= 4 is 15.5 Å². The quantitative estimate of drug-likeness (QED) is 0.432. The van der Waals surface area contributed by atoms with E-state index in [0.717, 1.165) is 15.8 Å². The first-order valence-corrected chi connectivity index (χ1v) is 6.35. The summed E-state index contributed by atoms with van der Waals surface area (Å²) in [4.78, 5) is 23.0. The Bertz CT molecular complexity index is 622. The molecule has 0 amide bonds. The second-order valence-corrected chi connectivity index (χ2v) is 5.26. The maximum Gasteiger partial charge on any atom is 0.323 e. The van der Waals surface area contributed by atoms with Crippen LogP contribution >= 0.6 is 0 Å². The average Bonchev–Trinajstić information content (AvgIpc) is 2.38. The summed E-state index contributed by atoms with van der Waals surface area (Å²) >= 11 is 0. The minimum atomic E-state index is -0.494. The predicted octanol–water partition coefficient (Wildman–Crippen LogP) is 1.32. The zero-order valence-corrected chi connectivity index (χ0v) is 10.3. The zero-order chi connectivity index (χ0) is 12.7. The van der Waals surface area contributed by atoms with E-state index in [4.69, 9.17) is 0 Å². The molecule has 18 heavy (non-hydrogen) atoms. The largest absolute Gasteiger partial charge is 0.323 e. The fraction of sp³-hybridized carbons (Fsp3) is 0.0833. The maximum atomic E-state index is 12.3. The summed E-state index contributed by atoms with van der Waals surface area (Å²) in [7, 11) is -0.227. The molecular weight excluding hydrogens is 248 g/mol. The van der Waals surface area contributed by atoms with Gasteiger partial charge in [0.2, 0.25) is 0 Å². The predicted molar refractivity (Wildman–Crippen MR) is 65.2 cm³/mol. The van der Waals surface area contributed by atoms with Crippen molar-refractivity contribution in [3.8, 4) is 0 Å². The highest BCUT2D eigenvalue weighted by Crippen LogP contribution is 2.28. The number of hydrogen-bond acceptors (Lipinski definition) is 3. The first-order chi connectivity index (χ1) is 8.66. The van der Waals surface area contributed by atoms with Crippen LogP contribution in [0.1, 0.15) is 15.9 Å². The molecule has 6 heteroatoms. The number of hydrazine groups is 1. The summed E-state index contributed by atoms with van der Waals surface area (Å²) in [5.41, 5.74) is 2.56. The van der Waals surface area contributed by atoms with E-state index in [-0.39, 0.29) is 15.5 Å². The first kappa shape index (κ1) is 10.9. The van der Waals surface area contributed by atoms with E-state index in [2.05, 4.69) is 0 Å². The minimum Gasteiger partial charge on any atom is -0.289 e. The number of allylic oxidation sites excluding steroid dienone is 3. The molecule has 2 aliphatic rings. The van der Waals surface area contributed by atoms with Crippen LogP contribution in [0.25, 0.3) is 0 Å². The Hall–Kier alpha value is -2.21. The molecule has 0 saturated carbocycles. The number of hydrogen-bond donors (Lipinski definition) is 0. The lowest BCUT2D eigenvalue weighted by atomic mass is 9.90. The van der Waals surface area contributed by atoms with E-state index in [1.54, 1.807) is 12.1 Å². The van der Waals surface area contributed by atoms with E-state index in [1.807, 2.05) is 18.2 Å². The van der Waals surface area contributed by atoms with Gasteiger partial charge in [-0.3, -0.25) is 4.79 Å². The molecule has 0 fully saturated rings. The molecule has 2 radical (unpaired) electrons. The lowest BCUT2D eigenvalue weighted by Gasteiger charge is -2.23. The number of carbonyl (C=O) groups excluding carboxylic acids is 1. The number of carbonyl (C=O) groups is 1. The monoisotopic (exact) mass is 256 g/mol. The molecule has 0 atom stereocenters. The van der Waals surface area contributed by atoms with E-state index in [1.165, 1.54) is 6.20 Å². The number of fused-ring (bicyclic) bond motifs is 1. The molecule has 1 aromatic carbocycles. The molecule has 88 valence electrons. The van der Waals surface area contributed by atoms with Crippen molar-refractivity contribution in [2.75, 3.05) is 0 Å². The van der Waals surface area contributed by atoms with Crippen molar-refractivity contribution in [2.45, 2.75) is 6.42 Å². The molecule has 0 spiro atoms. The second kappa shape index (κ2) is 3.92. The van der Waals surface area contributed by atoms with Crippen molar-refractivity contribution in [1.82, 2.24) is 4.67 Å². The number of benzene rings is 1. The Morgan fingerprint density at radius 2 is 2.11 bits per heavy atom. The van der Waals surface area contributed by atoms with Gasteiger partial charge >= 0.3 is 9.68 Å². The zero-order valence-electron chi connectivity index (χ0n) is 9.29. The van der Waals surface area contributed by atoms with Gasteiger partial charge in [0.05, 0.1) is 6.20 Å². The summed E-state index contributed by atoms with van der Waals surface area (Å²) in [6, 6.07) is 7.42. The van der Waals surface area contributed by atoms with Crippen LogP contribution in [-0.4, -0.2) is 25.2 Å². The summed E-state index contributed by atoms with van der Waals surface area (Å²) in [5.74, 6) is -0.0821. The minimum absolute atomic E-state index is 0.0821. The Morgan fingerprint density at radius 3 is 2.89 bits per heavy atom. The normalized spacial score (nSPS) is 17.6. The van der Waals surface area contributed by atoms with Gasteiger partial charge in [0.15, 0.2) is 10.8 Å². The summed E-state index contributed by atoms with van der Waals surface area (Å²) in [6.07, 6.45) is 3.77. The maximum absolute atomic E-state index is 12.3. The van der Waals surface area contributed by atoms with Gasteiger partial charge in [-0.25, -0.2) is 10.1 Å². The van der Waals surface area contributed by atoms with E-state index >= 15 is 0 Å². The van der Waals surface area contributed by atoms with Crippen molar-refractivity contribution in [1.29, 1.82) is 0 Å². The molecule has 0 N–H and O–H groups in total. The van der Waals surface area contributed by atoms with Crippen molar-refractivity contribution in [3.63, 3.8) is 0 Å². The summed E-state index contributed by atoms with van der Waals surface area (Å²) < 4.78 is 0.963. The van der Waals surface area contributed by atoms with Gasteiger partial charge in [-0.2, -0.15) is 0 Å². The Balaban J connectivity index is 2.02. The molecule has 0 aromatic heterocycles. The van der Waals surface area contributed by atoms with Crippen LogP contribution in [-0.2, 0) is 6.42 Å². The first-order valence-electron chi connectivity index (χ1n) is 5.41. The lowest BCUT2D eigenvalue weighted by Crippen LogP contribution is -2.36. The van der Waals surface area contributed by atoms with Gasteiger partial charge in [0.25, 0.3) is 0 Å². The molecule has 3 rings (SSSR count). The van der Waals surface area contributed by atoms with Crippen LogP contribution < -0.4 is 0 Å². The Kier molecular flexibility index (Phi) is 2.37. The van der Waals surface area contributed by atoms with Crippen molar-refractivity contribution < 1.29 is 9.83 Å². The highest BCUT2D eigenvalue weighted by molar-refractivity contribution is 6.54. The standard InChI is InChI=1S/C12H8N2O3Si/c15-11-10-4-2-1-3-8(10)7-9-5-6-13(14(16)17)18-12(9)11/h1-6H,7H2. The smallest absolute Gasteiger partial charge is 0.289 e. The molecule has 1 heterocycles. The Morgan fingerprint density at radius 1 is 1.33 bits per heavy atom. The van der Waals surface area contributed by atoms with E-state index < -0.39 is 5.03 Å². The van der Waals surface area contributed by atoms with Crippen LogP contribution in [0.3, 0.4) is 0 Å². The second-order valence-electron chi connectivity index (χ2n) is 4.07. The molecule has 5 nitrogen and oxygen atoms in total. The SMILES string of the molecule is O=C1C2=C(C=CN([N+](=O)[O-])[Si]2)Cc2ccccc21. The highest BCUT2D eigenvalue weighted by Gasteiger charge is 2.32. The van der Waals surface area contributed by atoms with Crippen LogP contribution in [0, 0.1) is 10.1 Å². The lowest BCUT2D eigenvalue weighted by molar-refractivity contribution is -0.608. The van der Waals surface area contributed by atoms with Crippen LogP contribution in [0.4, 0.5) is 0 Å². The van der Waals surface area contributed by atoms with Crippen LogP contribution in [0.15, 0.2) is 47.3 Å². The van der Waals surface area contributed by atoms with Crippen LogP contribution in [0.5, 0.6) is 0 Å². The molecule has 1 aliphatic heterocycles. The summed E-state index contributed by atoms with van der Waals surface area (Å²) in [5, 5.41) is 10.8. The number of ketones is 1. The molecule has 1 aromatic rings. The number of nitrogens with zero attached hydrogens (tertiary/aromatic N) is 2. The number of Topliss-reactive ketones (excluding diaryl/α,β-unsaturated/α-hetero) is 1. The number of nitro groups is 1. The van der Waals surface area contributed by atoms with Gasteiger partial charge in [-0.15, -0.1) is 4.67 Å². The summed E-state index contributed by atoms with van der Waals surface area (Å²) in [6.45, 7) is 0. The fourth-order valence-corrected chi connectivity index (χ4v) is 3.15. The average molecular weight is 256 g/mol. The van der Waals surface area contributed by atoms with Crippen LogP contribution in [0.2, 0.25) is 0 Å². The fourth-order valence-electron chi connectivity index (χ4n) is 2.14. The number of rotatable bonds is 1. The van der Waals surface area contributed by atoms with Gasteiger partial charge in [0.1, 0.15) is 0 Å². The van der Waals surface area contributed by atoms with Gasteiger partial charge < -0.3 is 0 Å². The molecule has 0 bridgehead atoms. The van der Waals surface area contributed by atoms with Crippen molar-refractivity contribution in [2.24, 2.45) is 0 Å². The van der Waals surface area contributed by atoms with Gasteiger partial charge in [-0.1, -0.05) is 24.3 Å². The third kappa shape index (κ3) is 1.58.